The summed E-state index contributed by atoms with van der Waals surface area (Å²) in [6, 6.07) is 10.1. The summed E-state index contributed by atoms with van der Waals surface area (Å²) in [6.45, 7) is 0.472. The number of amides is 1. The van der Waals surface area contributed by atoms with E-state index in [1.165, 1.54) is 23.5 Å². The average Bonchev–Trinajstić information content (AvgIpc) is 3.25. The van der Waals surface area contributed by atoms with Crippen LogP contribution in [0.1, 0.15) is 5.56 Å². The molecule has 0 aliphatic carbocycles. The van der Waals surface area contributed by atoms with Gasteiger partial charge in [0.15, 0.2) is 10.6 Å². The molecule has 8 nitrogen and oxygen atoms in total. The van der Waals surface area contributed by atoms with Crippen LogP contribution in [0.3, 0.4) is 0 Å². The highest BCUT2D eigenvalue weighted by Crippen LogP contribution is 2.22. The van der Waals surface area contributed by atoms with Crippen LogP contribution in [-0.4, -0.2) is 35.6 Å². The number of nitrogens with one attached hydrogen (secondary N) is 2. The molecule has 3 aromatic rings. The van der Waals surface area contributed by atoms with Crippen molar-refractivity contribution in [2.45, 2.75) is 17.9 Å². The van der Waals surface area contributed by atoms with Gasteiger partial charge < -0.3 is 5.32 Å². The minimum absolute atomic E-state index is 0.0609. The molecule has 0 aliphatic heterocycles. The van der Waals surface area contributed by atoms with Gasteiger partial charge in [-0.3, -0.25) is 14.5 Å². The minimum atomic E-state index is -3.70. The molecule has 11 heteroatoms. The fourth-order valence-corrected chi connectivity index (χ4v) is 3.88. The third-order valence-corrected chi connectivity index (χ3v) is 5.90. The molecule has 0 unspecified atom stereocenters. The Morgan fingerprint density at radius 1 is 1.30 bits per heavy atom. The number of nitrogens with two attached hydrogens (primary N) is 1. The number of aromatic nitrogens is 3. The zero-order valence-corrected chi connectivity index (χ0v) is 16.5. The number of benzene rings is 1. The molecule has 142 valence electrons. The van der Waals surface area contributed by atoms with Crippen molar-refractivity contribution in [3.63, 3.8) is 0 Å². The molecule has 0 saturated heterocycles. The summed E-state index contributed by atoms with van der Waals surface area (Å²) < 4.78 is 24.5. The summed E-state index contributed by atoms with van der Waals surface area (Å²) in [5, 5.41) is 16.7. The first-order chi connectivity index (χ1) is 12.8. The number of H-pyrrole nitrogens is 1. The molecule has 0 spiro atoms. The van der Waals surface area contributed by atoms with E-state index in [0.29, 0.717) is 23.6 Å². The summed E-state index contributed by atoms with van der Waals surface area (Å²) in [7, 11) is -3.70. The Hall–Kier alpha value is -2.34. The van der Waals surface area contributed by atoms with Crippen molar-refractivity contribution in [3.05, 3.63) is 52.1 Å². The van der Waals surface area contributed by atoms with Crippen LogP contribution in [0.4, 0.5) is 0 Å². The lowest BCUT2D eigenvalue weighted by Gasteiger charge is -2.08. The van der Waals surface area contributed by atoms with E-state index in [2.05, 4.69) is 15.5 Å². The lowest BCUT2D eigenvalue weighted by Crippen LogP contribution is -2.29. The summed E-state index contributed by atoms with van der Waals surface area (Å²) in [6.07, 6.45) is 0.561. The molecule has 0 atom stereocenters. The molecule has 1 aromatic carbocycles. The highest BCUT2D eigenvalue weighted by atomic mass is 32.2. The summed E-state index contributed by atoms with van der Waals surface area (Å²) >= 11 is 6.72. The van der Waals surface area contributed by atoms with Gasteiger partial charge in [0.1, 0.15) is 6.54 Å². The largest absolute Gasteiger partial charge is 0.354 e. The molecule has 4 N–H and O–H groups in total. The second kappa shape index (κ2) is 8.13. The number of carbonyl (C=O) groups excluding carboxylic acids is 1. The van der Waals surface area contributed by atoms with Crippen LogP contribution < -0.4 is 10.5 Å². The van der Waals surface area contributed by atoms with E-state index >= 15 is 0 Å². The maximum Gasteiger partial charge on any atom is 0.240 e. The molecule has 1 amide bonds. The second-order valence-corrected chi connectivity index (χ2v) is 8.60. The standard InChI is InChI=1S/C16H17N5O3S3/c17-27(23,24)12-5-3-11(4-6-12)7-8-18-14(22)10-21-15(19-20-16(21)25)13-2-1-9-26-13/h1-6,9H,7-8,10H2,(H,18,22)(H,20,25)(H2,17,23,24). The zero-order valence-electron chi connectivity index (χ0n) is 14.1. The predicted octanol–water partition coefficient (Wildman–Crippen LogP) is 1.68. The van der Waals surface area contributed by atoms with Gasteiger partial charge in [0.05, 0.1) is 9.77 Å². The lowest BCUT2D eigenvalue weighted by atomic mass is 10.1. The summed E-state index contributed by atoms with van der Waals surface area (Å²) in [4.78, 5) is 13.2. The quantitative estimate of drug-likeness (QED) is 0.499. The molecule has 2 aromatic heterocycles. The van der Waals surface area contributed by atoms with Crippen molar-refractivity contribution < 1.29 is 13.2 Å². The summed E-state index contributed by atoms with van der Waals surface area (Å²) in [5.41, 5.74) is 0.891. The van der Waals surface area contributed by atoms with Crippen LogP contribution in [0.2, 0.25) is 0 Å². The Kier molecular flexibility index (Phi) is 5.85. The normalized spacial score (nSPS) is 11.4. The van der Waals surface area contributed by atoms with E-state index in [-0.39, 0.29) is 17.3 Å². The van der Waals surface area contributed by atoms with Gasteiger partial charge in [-0.2, -0.15) is 5.10 Å². The molecule has 0 bridgehead atoms. The van der Waals surface area contributed by atoms with Crippen LogP contribution in [0, 0.1) is 4.77 Å². The average molecular weight is 424 g/mol. The topological polar surface area (TPSA) is 123 Å². The minimum Gasteiger partial charge on any atom is -0.354 e. The number of hydrogen-bond acceptors (Lipinski definition) is 6. The highest BCUT2D eigenvalue weighted by Gasteiger charge is 2.13. The van der Waals surface area contributed by atoms with Gasteiger partial charge in [0, 0.05) is 6.54 Å². The number of rotatable bonds is 7. The monoisotopic (exact) mass is 423 g/mol. The lowest BCUT2D eigenvalue weighted by molar-refractivity contribution is -0.121. The van der Waals surface area contributed by atoms with E-state index in [0.717, 1.165) is 10.4 Å². The number of nitrogens with zero attached hydrogens (tertiary/aromatic N) is 2. The van der Waals surface area contributed by atoms with Crippen molar-refractivity contribution in [2.24, 2.45) is 5.14 Å². The van der Waals surface area contributed by atoms with E-state index in [1.807, 2.05) is 17.5 Å². The highest BCUT2D eigenvalue weighted by molar-refractivity contribution is 7.89. The van der Waals surface area contributed by atoms with Gasteiger partial charge in [-0.05, 0) is 47.8 Å². The molecule has 2 heterocycles. The zero-order chi connectivity index (χ0) is 19.4. The third kappa shape index (κ3) is 4.89. The number of hydrogen-bond donors (Lipinski definition) is 3. The van der Waals surface area contributed by atoms with Crippen LogP contribution in [0.15, 0.2) is 46.7 Å². The molecule has 0 saturated carbocycles. The SMILES string of the molecule is NS(=O)(=O)c1ccc(CCNC(=O)Cn2c(-c3cccs3)n[nH]c2=S)cc1. The van der Waals surface area contributed by atoms with E-state index in [1.54, 1.807) is 16.7 Å². The predicted molar refractivity (Wildman–Crippen MR) is 105 cm³/mol. The van der Waals surface area contributed by atoms with E-state index in [4.69, 9.17) is 17.4 Å². The van der Waals surface area contributed by atoms with Gasteiger partial charge in [0.25, 0.3) is 0 Å². The van der Waals surface area contributed by atoms with Crippen LogP contribution in [0.25, 0.3) is 10.7 Å². The van der Waals surface area contributed by atoms with Crippen molar-refractivity contribution in [2.75, 3.05) is 6.54 Å². The van der Waals surface area contributed by atoms with Gasteiger partial charge >= 0.3 is 0 Å². The second-order valence-electron chi connectivity index (χ2n) is 5.70. The summed E-state index contributed by atoms with van der Waals surface area (Å²) in [5.74, 6) is 0.440. The van der Waals surface area contributed by atoms with Crippen molar-refractivity contribution in [1.29, 1.82) is 0 Å². The van der Waals surface area contributed by atoms with Crippen molar-refractivity contribution in [3.8, 4) is 10.7 Å². The fraction of sp³-hybridized carbons (Fsp3) is 0.188. The van der Waals surface area contributed by atoms with Crippen molar-refractivity contribution >= 4 is 39.5 Å². The first-order valence-corrected chi connectivity index (χ1v) is 10.8. The molecular weight excluding hydrogens is 406 g/mol. The Morgan fingerprint density at radius 3 is 2.67 bits per heavy atom. The first-order valence-electron chi connectivity index (χ1n) is 7.92. The van der Waals surface area contributed by atoms with E-state index < -0.39 is 10.0 Å². The van der Waals surface area contributed by atoms with Gasteiger partial charge in [-0.15, -0.1) is 11.3 Å². The van der Waals surface area contributed by atoms with Crippen LogP contribution in [0.5, 0.6) is 0 Å². The number of carbonyl (C=O) groups is 1. The van der Waals surface area contributed by atoms with Crippen molar-refractivity contribution in [1.82, 2.24) is 20.1 Å². The number of primary sulfonamides is 1. The third-order valence-electron chi connectivity index (χ3n) is 3.79. The molecular formula is C16H17N5O3S3. The first kappa shape index (κ1) is 19.4. The van der Waals surface area contributed by atoms with Gasteiger partial charge in [-0.1, -0.05) is 18.2 Å². The van der Waals surface area contributed by atoms with E-state index in [9.17, 15) is 13.2 Å². The van der Waals surface area contributed by atoms with Gasteiger partial charge in [-0.25, -0.2) is 13.6 Å². The fourth-order valence-electron chi connectivity index (χ4n) is 2.45. The Labute approximate surface area is 165 Å². The van der Waals surface area contributed by atoms with Gasteiger partial charge in [0.2, 0.25) is 15.9 Å². The maximum atomic E-state index is 12.2. The Morgan fingerprint density at radius 2 is 2.04 bits per heavy atom. The van der Waals surface area contributed by atoms with Crippen LogP contribution in [-0.2, 0) is 27.8 Å². The number of aromatic amines is 1. The molecule has 0 aliphatic rings. The maximum absolute atomic E-state index is 12.2. The number of thiophene rings is 1. The smallest absolute Gasteiger partial charge is 0.240 e. The number of sulfonamides is 1. The van der Waals surface area contributed by atoms with Crippen LogP contribution >= 0.6 is 23.6 Å². The molecule has 27 heavy (non-hydrogen) atoms. The molecule has 0 fully saturated rings. The molecule has 3 rings (SSSR count). The molecule has 0 radical (unpaired) electrons. The Balaban J connectivity index is 1.57. The Bertz CT molecular complexity index is 1080.